The number of aromatic amines is 1. The van der Waals surface area contributed by atoms with E-state index in [-0.39, 0.29) is 0 Å². The number of H-pyrrole nitrogens is 1. The first kappa shape index (κ1) is 11.8. The Morgan fingerprint density at radius 1 is 1.28 bits per heavy atom. The molecule has 0 radical (unpaired) electrons. The molecule has 1 aliphatic carbocycles. The van der Waals surface area contributed by atoms with Crippen LogP contribution < -0.4 is 5.32 Å². The molecule has 0 bridgehead atoms. The third-order valence-electron chi connectivity index (χ3n) is 3.18. The van der Waals surface area contributed by atoms with Crippen molar-refractivity contribution in [3.63, 3.8) is 0 Å². The highest BCUT2D eigenvalue weighted by Crippen LogP contribution is 2.51. The smallest absolute Gasteiger partial charge is 0.120 e. The zero-order valence-electron chi connectivity index (χ0n) is 10.2. The van der Waals surface area contributed by atoms with Gasteiger partial charge < -0.3 is 10.3 Å². The summed E-state index contributed by atoms with van der Waals surface area (Å²) in [6, 6.07) is 10.7. The highest BCUT2D eigenvalue weighted by atomic mass is 32.2. The van der Waals surface area contributed by atoms with Gasteiger partial charge in [0.15, 0.2) is 0 Å². The van der Waals surface area contributed by atoms with Crippen molar-refractivity contribution in [3.05, 3.63) is 48.5 Å². The maximum absolute atomic E-state index is 4.22. The Balaban J connectivity index is 1.50. The topological polar surface area (TPSA) is 40.7 Å². The van der Waals surface area contributed by atoms with Gasteiger partial charge in [0, 0.05) is 28.6 Å². The number of hydrogen-bond donors (Lipinski definition) is 2. The molecule has 18 heavy (non-hydrogen) atoms. The monoisotopic (exact) mass is 259 g/mol. The number of benzene rings is 1. The quantitative estimate of drug-likeness (QED) is 0.838. The van der Waals surface area contributed by atoms with Crippen molar-refractivity contribution in [2.45, 2.75) is 29.0 Å². The first-order chi connectivity index (χ1) is 8.86. The van der Waals surface area contributed by atoms with Gasteiger partial charge in [-0.2, -0.15) is 0 Å². The van der Waals surface area contributed by atoms with Crippen LogP contribution in [-0.4, -0.2) is 21.3 Å². The second-order valence-electron chi connectivity index (χ2n) is 4.74. The van der Waals surface area contributed by atoms with Gasteiger partial charge in [0.2, 0.25) is 0 Å². The van der Waals surface area contributed by atoms with Crippen LogP contribution in [0.5, 0.6) is 0 Å². The van der Waals surface area contributed by atoms with Crippen LogP contribution in [0.15, 0.2) is 47.6 Å². The lowest BCUT2D eigenvalue weighted by Gasteiger charge is -2.15. The number of hydrogen-bond acceptors (Lipinski definition) is 3. The van der Waals surface area contributed by atoms with Crippen LogP contribution in [0, 0.1) is 0 Å². The molecular weight excluding hydrogens is 242 g/mol. The molecule has 0 amide bonds. The Labute approximate surface area is 111 Å². The summed E-state index contributed by atoms with van der Waals surface area (Å²) in [6.45, 7) is 1.87. The van der Waals surface area contributed by atoms with E-state index in [1.807, 2.05) is 18.0 Å². The lowest BCUT2D eigenvalue weighted by Crippen LogP contribution is -2.26. The predicted octanol–water partition coefficient (Wildman–Crippen LogP) is 2.82. The lowest BCUT2D eigenvalue weighted by atomic mass is 10.4. The molecule has 1 aromatic carbocycles. The maximum Gasteiger partial charge on any atom is 0.120 e. The average molecular weight is 259 g/mol. The molecule has 1 fully saturated rings. The van der Waals surface area contributed by atoms with E-state index in [0.717, 1.165) is 18.9 Å². The van der Waals surface area contributed by atoms with Crippen LogP contribution in [0.25, 0.3) is 0 Å². The van der Waals surface area contributed by atoms with Gasteiger partial charge in [0.25, 0.3) is 0 Å². The molecule has 1 heterocycles. The van der Waals surface area contributed by atoms with E-state index >= 15 is 0 Å². The van der Waals surface area contributed by atoms with E-state index in [1.165, 1.54) is 17.7 Å². The average Bonchev–Trinajstić information content (AvgIpc) is 2.95. The Kier molecular flexibility index (Phi) is 3.39. The molecule has 2 N–H and O–H groups in total. The van der Waals surface area contributed by atoms with E-state index < -0.39 is 0 Å². The number of aromatic nitrogens is 2. The van der Waals surface area contributed by atoms with E-state index in [1.54, 1.807) is 6.20 Å². The molecule has 0 spiro atoms. The van der Waals surface area contributed by atoms with Crippen molar-refractivity contribution in [3.8, 4) is 0 Å². The van der Waals surface area contributed by atoms with Crippen LogP contribution in [0.2, 0.25) is 0 Å². The van der Waals surface area contributed by atoms with E-state index in [0.29, 0.717) is 4.75 Å². The fourth-order valence-corrected chi connectivity index (χ4v) is 3.27. The number of imidazole rings is 1. The molecule has 3 rings (SSSR count). The Hall–Kier alpha value is -1.26. The largest absolute Gasteiger partial charge is 0.348 e. The third kappa shape index (κ3) is 2.94. The molecule has 4 heteroatoms. The lowest BCUT2D eigenvalue weighted by molar-refractivity contribution is 0.644. The molecule has 2 aromatic rings. The van der Waals surface area contributed by atoms with Gasteiger partial charge in [-0.1, -0.05) is 18.2 Å². The normalized spacial score (nSPS) is 16.7. The third-order valence-corrected chi connectivity index (χ3v) is 4.67. The molecule has 0 aliphatic heterocycles. The predicted molar refractivity (Wildman–Crippen MR) is 74.6 cm³/mol. The SMILES string of the molecule is c1ccc(SC2(CNCc3ncc[nH]3)CC2)cc1. The van der Waals surface area contributed by atoms with Crippen LogP contribution in [0.1, 0.15) is 18.7 Å². The van der Waals surface area contributed by atoms with Crippen molar-refractivity contribution in [1.82, 2.24) is 15.3 Å². The van der Waals surface area contributed by atoms with Crippen molar-refractivity contribution < 1.29 is 0 Å². The summed E-state index contributed by atoms with van der Waals surface area (Å²) in [4.78, 5) is 8.70. The molecule has 0 atom stereocenters. The summed E-state index contributed by atoms with van der Waals surface area (Å²) < 4.78 is 0.411. The van der Waals surface area contributed by atoms with Crippen molar-refractivity contribution in [1.29, 1.82) is 0 Å². The van der Waals surface area contributed by atoms with Gasteiger partial charge in [0.05, 0.1) is 6.54 Å². The van der Waals surface area contributed by atoms with Gasteiger partial charge in [-0.05, 0) is 25.0 Å². The molecule has 1 aliphatic rings. The molecular formula is C14H17N3S. The number of rotatable bonds is 6. The second kappa shape index (κ2) is 5.16. The van der Waals surface area contributed by atoms with Gasteiger partial charge in [-0.15, -0.1) is 11.8 Å². The zero-order chi connectivity index (χ0) is 12.3. The second-order valence-corrected chi connectivity index (χ2v) is 6.28. The summed E-state index contributed by atoms with van der Waals surface area (Å²) in [5, 5.41) is 3.50. The van der Waals surface area contributed by atoms with E-state index in [4.69, 9.17) is 0 Å². The first-order valence-corrected chi connectivity index (χ1v) is 7.11. The van der Waals surface area contributed by atoms with E-state index in [2.05, 4.69) is 45.6 Å². The molecule has 1 saturated carbocycles. The fourth-order valence-electron chi connectivity index (χ4n) is 2.00. The summed E-state index contributed by atoms with van der Waals surface area (Å²) >= 11 is 2.00. The first-order valence-electron chi connectivity index (χ1n) is 6.29. The van der Waals surface area contributed by atoms with Crippen LogP contribution in [0.3, 0.4) is 0 Å². The summed E-state index contributed by atoms with van der Waals surface area (Å²) in [5.41, 5.74) is 0. The number of nitrogens with one attached hydrogen (secondary N) is 2. The van der Waals surface area contributed by atoms with Gasteiger partial charge in [0.1, 0.15) is 5.82 Å². The minimum Gasteiger partial charge on any atom is -0.348 e. The van der Waals surface area contributed by atoms with Crippen LogP contribution in [-0.2, 0) is 6.54 Å². The van der Waals surface area contributed by atoms with Gasteiger partial charge >= 0.3 is 0 Å². The summed E-state index contributed by atoms with van der Waals surface area (Å²) in [7, 11) is 0. The van der Waals surface area contributed by atoms with E-state index in [9.17, 15) is 0 Å². The van der Waals surface area contributed by atoms with Gasteiger partial charge in [-0.3, -0.25) is 0 Å². The molecule has 0 unspecified atom stereocenters. The Morgan fingerprint density at radius 2 is 2.11 bits per heavy atom. The zero-order valence-corrected chi connectivity index (χ0v) is 11.0. The van der Waals surface area contributed by atoms with Gasteiger partial charge in [-0.25, -0.2) is 4.98 Å². The molecule has 94 valence electrons. The Morgan fingerprint density at radius 3 is 2.78 bits per heavy atom. The highest BCUT2D eigenvalue weighted by molar-refractivity contribution is 8.01. The standard InChI is InChI=1S/C14H17N3S/c1-2-4-12(5-3-1)18-14(6-7-14)11-15-10-13-16-8-9-17-13/h1-5,8-9,15H,6-7,10-11H2,(H,16,17). The number of thioether (sulfide) groups is 1. The molecule has 3 nitrogen and oxygen atoms in total. The molecule has 0 saturated heterocycles. The van der Waals surface area contributed by atoms with Crippen molar-refractivity contribution >= 4 is 11.8 Å². The van der Waals surface area contributed by atoms with Crippen LogP contribution >= 0.6 is 11.8 Å². The minimum absolute atomic E-state index is 0.411. The summed E-state index contributed by atoms with van der Waals surface area (Å²) in [5.74, 6) is 1.01. The summed E-state index contributed by atoms with van der Waals surface area (Å²) in [6.07, 6.45) is 6.26. The van der Waals surface area contributed by atoms with Crippen molar-refractivity contribution in [2.24, 2.45) is 0 Å². The Bertz CT molecular complexity index is 477. The maximum atomic E-state index is 4.22. The molecule has 1 aromatic heterocycles. The van der Waals surface area contributed by atoms with Crippen molar-refractivity contribution in [2.75, 3.05) is 6.54 Å². The minimum atomic E-state index is 0.411. The fraction of sp³-hybridized carbons (Fsp3) is 0.357. The van der Waals surface area contributed by atoms with Crippen LogP contribution in [0.4, 0.5) is 0 Å². The number of nitrogens with zero attached hydrogens (tertiary/aromatic N) is 1. The highest BCUT2D eigenvalue weighted by Gasteiger charge is 2.43.